The largest absolute Gasteiger partial charge is 0.130 e. The highest BCUT2D eigenvalue weighted by atomic mass is 35.5. The predicted molar refractivity (Wildman–Crippen MR) is 41.8 cm³/mol. The van der Waals surface area contributed by atoms with Crippen molar-refractivity contribution in [2.24, 2.45) is 0 Å². The van der Waals surface area contributed by atoms with Crippen molar-refractivity contribution in [3.05, 3.63) is 0 Å². The minimum Gasteiger partial charge on any atom is -0.130 e. The van der Waals surface area contributed by atoms with Crippen LogP contribution in [0, 0.1) is 0 Å². The molecule has 0 rings (SSSR count). The van der Waals surface area contributed by atoms with Crippen molar-refractivity contribution >= 4 is 34.8 Å². The molecule has 0 unspecified atom stereocenters. The van der Waals surface area contributed by atoms with Crippen molar-refractivity contribution in [2.45, 2.75) is 14.9 Å². The number of rotatable bonds is 0. The van der Waals surface area contributed by atoms with Crippen LogP contribution >= 0.6 is 34.8 Å². The molecule has 0 radical (unpaired) electrons. The molecule has 0 aromatic heterocycles. The number of halogens is 3. The summed E-state index contributed by atoms with van der Waals surface area (Å²) < 4.78 is 0. The van der Waals surface area contributed by atoms with Gasteiger partial charge in [0, 0.05) is 6.38 Å². The van der Waals surface area contributed by atoms with E-state index >= 15 is 0 Å². The zero-order chi connectivity index (χ0) is 4.71. The third-order valence-electron chi connectivity index (χ3n) is 0. The van der Waals surface area contributed by atoms with E-state index in [4.69, 9.17) is 23.2 Å². The minimum absolute atomic E-state index is 0. The van der Waals surface area contributed by atoms with Gasteiger partial charge < -0.3 is 0 Å². The molecule has 0 spiro atoms. The van der Waals surface area contributed by atoms with E-state index in [9.17, 15) is 0 Å². The van der Waals surface area contributed by atoms with E-state index in [1.54, 1.807) is 0 Å². The van der Waals surface area contributed by atoms with Crippen LogP contribution in [0.3, 0.4) is 0 Å². The minimum atomic E-state index is 0. The summed E-state index contributed by atoms with van der Waals surface area (Å²) in [5.74, 6) is 0. The van der Waals surface area contributed by atoms with Gasteiger partial charge in [-0.3, -0.25) is 0 Å². The third kappa shape index (κ3) is 215. The Morgan fingerprint density at radius 3 is 1.00 bits per heavy atom. The summed E-state index contributed by atoms with van der Waals surface area (Å²) in [6.07, 6.45) is 1.47. The van der Waals surface area contributed by atoms with E-state index in [-0.39, 0.29) is 20.2 Å². The molecule has 0 N–H and O–H groups in total. The molecule has 0 aliphatic heterocycles. The maximum Gasteiger partial charge on any atom is 0.0967 e. The quantitative estimate of drug-likeness (QED) is 0.484. The first-order valence-corrected chi connectivity index (χ1v) is 2.74. The zero-order valence-electron chi connectivity index (χ0n) is 2.84. The molecule has 0 amide bonds. The van der Waals surface area contributed by atoms with E-state index in [0.29, 0.717) is 0 Å². The van der Waals surface area contributed by atoms with Crippen LogP contribution in [-0.4, -0.2) is 11.7 Å². The molecule has 0 aliphatic carbocycles. The van der Waals surface area contributed by atoms with E-state index < -0.39 is 0 Å². The van der Waals surface area contributed by atoms with Gasteiger partial charge in [-0.25, -0.2) is 0 Å². The fourth-order valence-electron chi connectivity index (χ4n) is 0. The van der Waals surface area contributed by atoms with Crippen LogP contribution < -0.4 is 0 Å². The predicted octanol–water partition coefficient (Wildman–Crippen LogP) is 3.55. The van der Waals surface area contributed by atoms with Gasteiger partial charge in [0.15, 0.2) is 0 Å². The van der Waals surface area contributed by atoms with Gasteiger partial charge in [0.25, 0.3) is 0 Å². The molecule has 0 bridgehead atoms. The van der Waals surface area contributed by atoms with Crippen LogP contribution in [0.5, 0.6) is 0 Å². The molecule has 50 valence electrons. The van der Waals surface area contributed by atoms with Crippen molar-refractivity contribution in [1.82, 2.24) is 0 Å². The van der Waals surface area contributed by atoms with Crippen LogP contribution in [0.4, 0.5) is 0 Å². The fourth-order valence-corrected chi connectivity index (χ4v) is 0. The lowest BCUT2D eigenvalue weighted by Gasteiger charge is -1.42. The Labute approximate surface area is 61.8 Å². The maximum atomic E-state index is 4.76. The molecule has 0 atom stereocenters. The second-order valence-corrected chi connectivity index (χ2v) is 0.909. The highest BCUT2D eigenvalue weighted by Crippen LogP contribution is 1.73. The summed E-state index contributed by atoms with van der Waals surface area (Å²) in [7, 11) is 0. The Bertz CT molecular complexity index is 6.90. The summed E-state index contributed by atoms with van der Waals surface area (Å²) in [5.41, 5.74) is 0. The molecule has 0 aromatic carbocycles. The van der Waals surface area contributed by atoms with Crippen LogP contribution in [-0.2, 0) is 0 Å². The van der Waals surface area contributed by atoms with Crippen molar-refractivity contribution in [1.29, 1.82) is 0 Å². The smallest absolute Gasteiger partial charge is 0.0967 e. The Balaban J connectivity index is -0.0000000105. The first-order valence-electron chi connectivity index (χ1n) is 0.912. The first-order chi connectivity index (χ1) is 2.41. The molecular formula is C4H13Cl3. The lowest BCUT2D eigenvalue weighted by molar-refractivity contribution is 2.20. The van der Waals surface area contributed by atoms with E-state index in [1.807, 2.05) is 0 Å². The van der Waals surface area contributed by atoms with Gasteiger partial charge >= 0.3 is 0 Å². The molecule has 7 heavy (non-hydrogen) atoms. The van der Waals surface area contributed by atoms with Gasteiger partial charge in [0.05, 0.1) is 5.34 Å². The van der Waals surface area contributed by atoms with E-state index in [1.165, 1.54) is 6.38 Å². The lowest BCUT2D eigenvalue weighted by atomic mass is 11.9. The molecule has 0 nitrogen and oxygen atoms in total. The van der Waals surface area contributed by atoms with Crippen LogP contribution in [0.2, 0.25) is 0 Å². The summed E-state index contributed by atoms with van der Waals surface area (Å²) in [6, 6.07) is 0. The summed E-state index contributed by atoms with van der Waals surface area (Å²) >= 11 is 14.2. The Morgan fingerprint density at radius 1 is 1.00 bits per heavy atom. The molecule has 0 fully saturated rings. The highest BCUT2D eigenvalue weighted by molar-refractivity contribution is 6.40. The fraction of sp³-hybridized carbons (Fsp3) is 1.00. The Kier molecular flexibility index (Phi) is 240. The second kappa shape index (κ2) is 67.7. The Morgan fingerprint density at radius 2 is 1.00 bits per heavy atom. The highest BCUT2D eigenvalue weighted by Gasteiger charge is 1.41. The average Bonchev–Trinajstić information content (AvgIpc) is 1.46. The maximum absolute atomic E-state index is 4.76. The molecule has 0 saturated carbocycles. The lowest BCUT2D eigenvalue weighted by Crippen LogP contribution is -1.24. The third-order valence-corrected chi connectivity index (χ3v) is 0. The van der Waals surface area contributed by atoms with Gasteiger partial charge in [-0.15, -0.1) is 34.8 Å². The number of hydrogen-bond donors (Lipinski definition) is 0. The van der Waals surface area contributed by atoms with Crippen LogP contribution in [0.1, 0.15) is 14.9 Å². The van der Waals surface area contributed by atoms with Gasteiger partial charge in [-0.2, -0.15) is 0 Å². The topological polar surface area (TPSA) is 0 Å². The van der Waals surface area contributed by atoms with Gasteiger partial charge in [0.2, 0.25) is 0 Å². The van der Waals surface area contributed by atoms with E-state index in [2.05, 4.69) is 11.6 Å². The molecule has 0 saturated heterocycles. The van der Waals surface area contributed by atoms with Gasteiger partial charge in [0.1, 0.15) is 0 Å². The van der Waals surface area contributed by atoms with E-state index in [0.717, 1.165) is 0 Å². The first kappa shape index (κ1) is 24.8. The summed E-state index contributed by atoms with van der Waals surface area (Å²) in [4.78, 5) is 0. The van der Waals surface area contributed by atoms with Crippen LogP contribution in [0.25, 0.3) is 0 Å². The SMILES string of the molecule is C.C.CCl.ClCCl. The van der Waals surface area contributed by atoms with Crippen molar-refractivity contribution in [2.75, 3.05) is 11.7 Å². The van der Waals surface area contributed by atoms with Gasteiger partial charge in [-0.1, -0.05) is 14.9 Å². The molecule has 0 heterocycles. The van der Waals surface area contributed by atoms with Gasteiger partial charge in [-0.05, 0) is 0 Å². The van der Waals surface area contributed by atoms with Crippen molar-refractivity contribution in [3.8, 4) is 0 Å². The molecule has 0 aliphatic rings. The summed E-state index contributed by atoms with van der Waals surface area (Å²) in [5, 5.41) is 0.194. The Hall–Kier alpha value is 0.870. The monoisotopic (exact) mass is 166 g/mol. The van der Waals surface area contributed by atoms with Crippen molar-refractivity contribution < 1.29 is 0 Å². The normalized spacial score (nSPS) is 3.43. The average molecular weight is 168 g/mol. The van der Waals surface area contributed by atoms with Crippen LogP contribution in [0.15, 0.2) is 0 Å². The number of hydrogen-bond acceptors (Lipinski definition) is 0. The second-order valence-electron chi connectivity index (χ2n) is 0.101. The summed E-state index contributed by atoms with van der Waals surface area (Å²) in [6.45, 7) is 0. The molecular weight excluding hydrogens is 154 g/mol. The standard InChI is InChI=1S/CH2Cl2.CH3Cl.2CH4/c2-1-3;1-2;;/h1H2;1H3;2*1H4. The molecule has 0 aromatic rings. The molecule has 3 heteroatoms. The number of alkyl halides is 3. The van der Waals surface area contributed by atoms with Crippen molar-refractivity contribution in [3.63, 3.8) is 0 Å². The zero-order valence-corrected chi connectivity index (χ0v) is 5.11.